The van der Waals surface area contributed by atoms with Crippen LogP contribution in [0.3, 0.4) is 0 Å². The lowest BCUT2D eigenvalue weighted by molar-refractivity contribution is 0.287. The minimum atomic E-state index is -0.428. The van der Waals surface area contributed by atoms with Crippen LogP contribution in [0, 0.1) is 5.82 Å². The third-order valence-electron chi connectivity index (χ3n) is 2.64. The summed E-state index contributed by atoms with van der Waals surface area (Å²) in [5, 5.41) is 0.911. The van der Waals surface area contributed by atoms with Gasteiger partial charge in [0.25, 0.3) is 0 Å². The second-order valence-corrected chi connectivity index (χ2v) is 4.78. The molecule has 0 aromatic heterocycles. The second kappa shape index (κ2) is 6.24. The quantitative estimate of drug-likeness (QED) is 0.919. The van der Waals surface area contributed by atoms with Crippen LogP contribution in [0.15, 0.2) is 36.4 Å². The minimum absolute atomic E-state index is 0.177. The predicted molar refractivity (Wildman–Crippen MR) is 75.1 cm³/mol. The molecular weight excluding hydrogens is 288 g/mol. The van der Waals surface area contributed by atoms with E-state index in [-0.39, 0.29) is 18.9 Å². The molecule has 0 fully saturated rings. The number of rotatable bonds is 4. The Morgan fingerprint density at radius 2 is 1.89 bits per heavy atom. The molecule has 0 spiro atoms. The van der Waals surface area contributed by atoms with Crippen LogP contribution >= 0.6 is 23.2 Å². The fourth-order valence-corrected chi connectivity index (χ4v) is 1.98. The van der Waals surface area contributed by atoms with E-state index in [1.54, 1.807) is 30.3 Å². The Morgan fingerprint density at radius 1 is 1.11 bits per heavy atom. The summed E-state index contributed by atoms with van der Waals surface area (Å²) in [6.45, 7) is 0.416. The highest BCUT2D eigenvalue weighted by Crippen LogP contribution is 2.26. The van der Waals surface area contributed by atoms with Gasteiger partial charge in [-0.15, -0.1) is 0 Å². The standard InChI is InChI=1S/C14H12Cl2FNO/c15-11-5-4-9(6-12(11)16)8-19-14-10(7-18)2-1-3-13(14)17/h1-6H,7-8,18H2. The van der Waals surface area contributed by atoms with Crippen LogP contribution in [-0.2, 0) is 13.2 Å². The van der Waals surface area contributed by atoms with Crippen LogP contribution in [0.25, 0.3) is 0 Å². The molecule has 0 aliphatic rings. The Bertz CT molecular complexity index is 590. The smallest absolute Gasteiger partial charge is 0.165 e. The fourth-order valence-electron chi connectivity index (χ4n) is 1.66. The lowest BCUT2D eigenvalue weighted by Crippen LogP contribution is -2.04. The summed E-state index contributed by atoms with van der Waals surface area (Å²) in [6, 6.07) is 9.80. The second-order valence-electron chi connectivity index (χ2n) is 3.97. The molecule has 0 saturated heterocycles. The molecule has 100 valence electrons. The Hall–Kier alpha value is -1.29. The van der Waals surface area contributed by atoms with Gasteiger partial charge in [0, 0.05) is 12.1 Å². The van der Waals surface area contributed by atoms with E-state index < -0.39 is 5.82 Å². The molecular formula is C14H12Cl2FNO. The number of nitrogens with two attached hydrogens (primary N) is 1. The van der Waals surface area contributed by atoms with Crippen molar-refractivity contribution in [3.63, 3.8) is 0 Å². The molecule has 2 N–H and O–H groups in total. The van der Waals surface area contributed by atoms with Crippen molar-refractivity contribution in [3.8, 4) is 5.75 Å². The summed E-state index contributed by atoms with van der Waals surface area (Å²) in [6.07, 6.45) is 0. The van der Waals surface area contributed by atoms with Crippen LogP contribution in [0.1, 0.15) is 11.1 Å². The van der Waals surface area contributed by atoms with Gasteiger partial charge in [-0.05, 0) is 23.8 Å². The maximum Gasteiger partial charge on any atom is 0.165 e. The van der Waals surface area contributed by atoms with E-state index >= 15 is 0 Å². The molecule has 19 heavy (non-hydrogen) atoms. The zero-order valence-electron chi connectivity index (χ0n) is 10.00. The average molecular weight is 300 g/mol. The number of benzene rings is 2. The largest absolute Gasteiger partial charge is 0.485 e. The molecule has 5 heteroatoms. The molecule has 0 bridgehead atoms. The van der Waals surface area contributed by atoms with Gasteiger partial charge in [-0.25, -0.2) is 4.39 Å². The monoisotopic (exact) mass is 299 g/mol. The highest BCUT2D eigenvalue weighted by atomic mass is 35.5. The molecule has 0 heterocycles. The van der Waals surface area contributed by atoms with E-state index in [0.29, 0.717) is 15.6 Å². The number of hydrogen-bond donors (Lipinski definition) is 1. The summed E-state index contributed by atoms with van der Waals surface area (Å²) < 4.78 is 19.1. The molecule has 2 nitrogen and oxygen atoms in total. The normalized spacial score (nSPS) is 10.5. The van der Waals surface area contributed by atoms with Gasteiger partial charge in [0.2, 0.25) is 0 Å². The van der Waals surface area contributed by atoms with E-state index in [9.17, 15) is 4.39 Å². The van der Waals surface area contributed by atoms with Crippen LogP contribution in [0.2, 0.25) is 10.0 Å². The lowest BCUT2D eigenvalue weighted by atomic mass is 10.2. The fraction of sp³-hybridized carbons (Fsp3) is 0.143. The lowest BCUT2D eigenvalue weighted by Gasteiger charge is -2.11. The Balaban J connectivity index is 2.16. The maximum atomic E-state index is 13.7. The summed E-state index contributed by atoms with van der Waals surface area (Å²) in [4.78, 5) is 0. The summed E-state index contributed by atoms with van der Waals surface area (Å²) in [5.74, 6) is -0.251. The molecule has 0 saturated carbocycles. The van der Waals surface area contributed by atoms with Gasteiger partial charge in [0.15, 0.2) is 11.6 Å². The first-order valence-corrected chi connectivity index (χ1v) is 6.41. The number of para-hydroxylation sites is 1. The Labute approximate surface area is 120 Å². The molecule has 0 aliphatic heterocycles. The zero-order chi connectivity index (χ0) is 13.8. The van der Waals surface area contributed by atoms with Crippen LogP contribution < -0.4 is 10.5 Å². The molecule has 0 radical (unpaired) electrons. The van der Waals surface area contributed by atoms with Crippen molar-refractivity contribution < 1.29 is 9.13 Å². The third-order valence-corrected chi connectivity index (χ3v) is 3.37. The van der Waals surface area contributed by atoms with E-state index in [1.165, 1.54) is 6.07 Å². The van der Waals surface area contributed by atoms with Crippen molar-refractivity contribution in [1.29, 1.82) is 0 Å². The Morgan fingerprint density at radius 3 is 2.58 bits per heavy atom. The molecule has 0 aliphatic carbocycles. The molecule has 2 aromatic rings. The van der Waals surface area contributed by atoms with Gasteiger partial charge in [0.1, 0.15) is 6.61 Å². The summed E-state index contributed by atoms with van der Waals surface area (Å²) in [5.41, 5.74) is 6.98. The van der Waals surface area contributed by atoms with Gasteiger partial charge in [-0.1, -0.05) is 41.4 Å². The topological polar surface area (TPSA) is 35.2 Å². The first kappa shape index (κ1) is 14.1. The summed E-state index contributed by atoms with van der Waals surface area (Å²) in [7, 11) is 0. The molecule has 0 atom stereocenters. The predicted octanol–water partition coefficient (Wildman–Crippen LogP) is 4.17. The summed E-state index contributed by atoms with van der Waals surface area (Å²) >= 11 is 11.7. The highest BCUT2D eigenvalue weighted by Gasteiger charge is 2.09. The molecule has 0 amide bonds. The van der Waals surface area contributed by atoms with Gasteiger partial charge in [-0.3, -0.25) is 0 Å². The minimum Gasteiger partial charge on any atom is -0.485 e. The van der Waals surface area contributed by atoms with E-state index in [4.69, 9.17) is 33.7 Å². The highest BCUT2D eigenvalue weighted by molar-refractivity contribution is 6.42. The van der Waals surface area contributed by atoms with Crippen molar-refractivity contribution in [2.24, 2.45) is 5.73 Å². The third kappa shape index (κ3) is 3.38. The van der Waals surface area contributed by atoms with Gasteiger partial charge in [0.05, 0.1) is 10.0 Å². The van der Waals surface area contributed by atoms with Gasteiger partial charge < -0.3 is 10.5 Å². The average Bonchev–Trinajstić information content (AvgIpc) is 2.41. The van der Waals surface area contributed by atoms with Crippen LogP contribution in [0.5, 0.6) is 5.75 Å². The zero-order valence-corrected chi connectivity index (χ0v) is 11.5. The van der Waals surface area contributed by atoms with Crippen molar-refractivity contribution in [1.82, 2.24) is 0 Å². The molecule has 2 rings (SSSR count). The van der Waals surface area contributed by atoms with Crippen LogP contribution in [0.4, 0.5) is 4.39 Å². The first-order chi connectivity index (χ1) is 9.11. The number of hydrogen-bond acceptors (Lipinski definition) is 2. The van der Waals surface area contributed by atoms with Crippen molar-refractivity contribution in [2.45, 2.75) is 13.2 Å². The van der Waals surface area contributed by atoms with E-state index in [2.05, 4.69) is 0 Å². The SMILES string of the molecule is NCc1cccc(F)c1OCc1ccc(Cl)c(Cl)c1. The van der Waals surface area contributed by atoms with Crippen molar-refractivity contribution in [2.75, 3.05) is 0 Å². The molecule has 0 unspecified atom stereocenters. The van der Waals surface area contributed by atoms with E-state index in [1.807, 2.05) is 0 Å². The number of ether oxygens (including phenoxy) is 1. The van der Waals surface area contributed by atoms with E-state index in [0.717, 1.165) is 5.56 Å². The van der Waals surface area contributed by atoms with Crippen molar-refractivity contribution >= 4 is 23.2 Å². The molecule has 2 aromatic carbocycles. The van der Waals surface area contributed by atoms with Gasteiger partial charge in [-0.2, -0.15) is 0 Å². The number of halogens is 3. The van der Waals surface area contributed by atoms with Crippen molar-refractivity contribution in [3.05, 3.63) is 63.4 Å². The Kier molecular flexibility index (Phi) is 4.64. The first-order valence-electron chi connectivity index (χ1n) is 5.66. The van der Waals surface area contributed by atoms with Crippen LogP contribution in [-0.4, -0.2) is 0 Å². The van der Waals surface area contributed by atoms with Gasteiger partial charge >= 0.3 is 0 Å². The maximum absolute atomic E-state index is 13.7.